The second-order valence-electron chi connectivity index (χ2n) is 17.9. The van der Waals surface area contributed by atoms with Gasteiger partial charge in [0.2, 0.25) is 0 Å². The zero-order valence-corrected chi connectivity index (χ0v) is 37.4. The molecule has 0 unspecified atom stereocenters. The van der Waals surface area contributed by atoms with Gasteiger partial charge in [-0.1, -0.05) is 194 Å². The van der Waals surface area contributed by atoms with Crippen molar-refractivity contribution in [2.75, 3.05) is 4.90 Å². The Morgan fingerprint density at radius 1 is 0.261 bits per heavy atom. The van der Waals surface area contributed by atoms with Gasteiger partial charge in [0.25, 0.3) is 0 Å². The molecular weight excluding hydrogens is 839 g/mol. The Hall–Kier alpha value is -9.18. The molecule has 2 heterocycles. The lowest BCUT2D eigenvalue weighted by atomic mass is 9.92. The Morgan fingerprint density at radius 3 is 1.49 bits per heavy atom. The molecule has 0 fully saturated rings. The van der Waals surface area contributed by atoms with Crippen molar-refractivity contribution >= 4 is 93.3 Å². The maximum absolute atomic E-state index is 6.62. The Bertz CT molecular complexity index is 4290. The smallest absolute Gasteiger partial charge is 0.143 e. The van der Waals surface area contributed by atoms with Crippen LogP contribution >= 0.6 is 0 Å². The molecule has 14 aromatic rings. The topological polar surface area (TPSA) is 29.5 Å². The van der Waals surface area contributed by atoms with Gasteiger partial charge in [0.15, 0.2) is 0 Å². The van der Waals surface area contributed by atoms with Crippen molar-refractivity contribution in [3.63, 3.8) is 0 Å². The summed E-state index contributed by atoms with van der Waals surface area (Å²) in [6.07, 6.45) is 0. The molecule has 0 aliphatic heterocycles. The third kappa shape index (κ3) is 6.36. The first kappa shape index (κ1) is 39.0. The normalized spacial score (nSPS) is 11.8. The maximum Gasteiger partial charge on any atom is 0.143 e. The first-order valence-electron chi connectivity index (χ1n) is 23.6. The van der Waals surface area contributed by atoms with Gasteiger partial charge in [-0.25, -0.2) is 0 Å². The maximum atomic E-state index is 6.62. The van der Waals surface area contributed by atoms with Crippen molar-refractivity contribution in [1.29, 1.82) is 0 Å². The SMILES string of the molecule is c1ccc(-c2ccc(-c3cccc4c3ccc3ccccc34)cc2N(c2ccc(-c3cccc4oc5ccccc5c34)cc2)c2ccc(-c3cccc4oc5c6ccccc6ccc5c34)cc2)cc1. The predicted molar refractivity (Wildman–Crippen MR) is 290 cm³/mol. The first-order valence-corrected chi connectivity index (χ1v) is 23.6. The van der Waals surface area contributed by atoms with Crippen LogP contribution in [0.1, 0.15) is 0 Å². The van der Waals surface area contributed by atoms with Crippen molar-refractivity contribution in [1.82, 2.24) is 0 Å². The third-order valence-electron chi connectivity index (χ3n) is 14.1. The summed E-state index contributed by atoms with van der Waals surface area (Å²) < 4.78 is 13.0. The zero-order chi connectivity index (χ0) is 45.4. The molecule has 0 saturated heterocycles. The first-order chi connectivity index (χ1) is 34.2. The minimum atomic E-state index is 0.884. The quantitative estimate of drug-likeness (QED) is 0.149. The van der Waals surface area contributed by atoms with Gasteiger partial charge in [-0.05, 0) is 120 Å². The van der Waals surface area contributed by atoms with Gasteiger partial charge >= 0.3 is 0 Å². The van der Waals surface area contributed by atoms with E-state index in [2.05, 4.69) is 241 Å². The fourth-order valence-electron chi connectivity index (χ4n) is 10.9. The minimum Gasteiger partial charge on any atom is -0.456 e. The van der Waals surface area contributed by atoms with Gasteiger partial charge in [-0.3, -0.25) is 0 Å². The van der Waals surface area contributed by atoms with Crippen LogP contribution in [0.5, 0.6) is 0 Å². The highest BCUT2D eigenvalue weighted by Crippen LogP contribution is 2.47. The predicted octanol–water partition coefficient (Wildman–Crippen LogP) is 19.1. The van der Waals surface area contributed by atoms with E-state index in [0.29, 0.717) is 0 Å². The summed E-state index contributed by atoms with van der Waals surface area (Å²) in [6.45, 7) is 0. The zero-order valence-electron chi connectivity index (χ0n) is 37.4. The summed E-state index contributed by atoms with van der Waals surface area (Å²) in [6, 6.07) is 89.6. The Kier molecular flexibility index (Phi) is 8.90. The van der Waals surface area contributed by atoms with E-state index in [1.54, 1.807) is 0 Å². The highest BCUT2D eigenvalue weighted by Gasteiger charge is 2.22. The fraction of sp³-hybridized carbons (Fsp3) is 0. The molecule has 0 saturated carbocycles. The molecule has 2 aromatic heterocycles. The van der Waals surface area contributed by atoms with Crippen LogP contribution in [0.15, 0.2) is 258 Å². The van der Waals surface area contributed by atoms with Gasteiger partial charge in [-0.15, -0.1) is 0 Å². The molecule has 0 N–H and O–H groups in total. The van der Waals surface area contributed by atoms with Crippen LogP contribution in [-0.2, 0) is 0 Å². The molecule has 3 heteroatoms. The van der Waals surface area contributed by atoms with E-state index < -0.39 is 0 Å². The molecule has 69 heavy (non-hydrogen) atoms. The van der Waals surface area contributed by atoms with Crippen LogP contribution in [0, 0.1) is 0 Å². The summed E-state index contributed by atoms with van der Waals surface area (Å²) in [7, 11) is 0. The van der Waals surface area contributed by atoms with Crippen molar-refractivity contribution in [2.45, 2.75) is 0 Å². The number of para-hydroxylation sites is 1. The van der Waals surface area contributed by atoms with Crippen molar-refractivity contribution in [2.24, 2.45) is 0 Å². The molecule has 322 valence electrons. The highest BCUT2D eigenvalue weighted by molar-refractivity contribution is 6.19. The molecule has 0 atom stereocenters. The lowest BCUT2D eigenvalue weighted by molar-refractivity contribution is 0.669. The van der Waals surface area contributed by atoms with Crippen LogP contribution in [0.2, 0.25) is 0 Å². The molecule has 0 aliphatic carbocycles. The van der Waals surface area contributed by atoms with Gasteiger partial charge in [0, 0.05) is 43.9 Å². The highest BCUT2D eigenvalue weighted by atomic mass is 16.3. The number of nitrogens with zero attached hydrogens (tertiary/aromatic N) is 1. The van der Waals surface area contributed by atoms with E-state index in [1.165, 1.54) is 32.5 Å². The number of hydrogen-bond donors (Lipinski definition) is 0. The average Bonchev–Trinajstić information content (AvgIpc) is 4.01. The fourth-order valence-corrected chi connectivity index (χ4v) is 10.9. The number of hydrogen-bond acceptors (Lipinski definition) is 3. The molecule has 0 bridgehead atoms. The Morgan fingerprint density at radius 2 is 0.768 bits per heavy atom. The second kappa shape index (κ2) is 15.7. The van der Waals surface area contributed by atoms with Crippen LogP contribution in [0.25, 0.3) is 121 Å². The number of fused-ring (bicyclic) bond motifs is 11. The average molecular weight is 880 g/mol. The summed E-state index contributed by atoms with van der Waals surface area (Å²) in [5, 5.41) is 11.8. The summed E-state index contributed by atoms with van der Waals surface area (Å²) in [4.78, 5) is 2.42. The summed E-state index contributed by atoms with van der Waals surface area (Å²) in [5.41, 5.74) is 15.9. The lowest BCUT2D eigenvalue weighted by Gasteiger charge is -2.29. The van der Waals surface area contributed by atoms with E-state index in [-0.39, 0.29) is 0 Å². The number of furan rings is 2. The van der Waals surface area contributed by atoms with Gasteiger partial charge in [0.05, 0.1) is 5.69 Å². The van der Waals surface area contributed by atoms with E-state index >= 15 is 0 Å². The molecule has 12 aromatic carbocycles. The van der Waals surface area contributed by atoms with Crippen LogP contribution in [0.4, 0.5) is 17.1 Å². The largest absolute Gasteiger partial charge is 0.456 e. The van der Waals surface area contributed by atoms with Crippen LogP contribution in [-0.4, -0.2) is 0 Å². The van der Waals surface area contributed by atoms with Crippen molar-refractivity contribution < 1.29 is 8.83 Å². The minimum absolute atomic E-state index is 0.884. The molecule has 0 spiro atoms. The van der Waals surface area contributed by atoms with Gasteiger partial charge in [0.1, 0.15) is 22.3 Å². The second-order valence-corrected chi connectivity index (χ2v) is 17.9. The molecule has 3 nitrogen and oxygen atoms in total. The third-order valence-corrected chi connectivity index (χ3v) is 14.1. The number of benzene rings is 12. The van der Waals surface area contributed by atoms with Gasteiger partial charge < -0.3 is 13.7 Å². The van der Waals surface area contributed by atoms with Crippen LogP contribution in [0.3, 0.4) is 0 Å². The lowest BCUT2D eigenvalue weighted by Crippen LogP contribution is -2.11. The van der Waals surface area contributed by atoms with Gasteiger partial charge in [-0.2, -0.15) is 0 Å². The molecule has 0 radical (unpaired) electrons. The summed E-state index contributed by atoms with van der Waals surface area (Å²) >= 11 is 0. The number of rotatable bonds is 7. The standard InChI is InChI=1S/C66H41NO2/c1-2-13-42(14-3-1)52-38-33-47(51-20-10-23-56-50-17-6-4-15-43(50)31-39-57(51)56)41-60(52)67(48-34-27-45(28-35-48)53-21-11-25-62-64(53)58-19-8-9-24-61(58)68-62)49-36-29-46(30-37-49)54-22-12-26-63-65(54)59-40-32-44-16-5-7-18-55(44)66(59)69-63/h1-41H. The molecular formula is C66H41NO2. The van der Waals surface area contributed by atoms with E-state index in [1.807, 2.05) is 12.1 Å². The Balaban J connectivity index is 0.965. The van der Waals surface area contributed by atoms with E-state index in [4.69, 9.17) is 8.83 Å². The monoisotopic (exact) mass is 879 g/mol. The molecule has 0 aliphatic rings. The molecule has 0 amide bonds. The van der Waals surface area contributed by atoms with Crippen molar-refractivity contribution in [3.8, 4) is 44.5 Å². The van der Waals surface area contributed by atoms with Crippen molar-refractivity contribution in [3.05, 3.63) is 249 Å². The molecule has 14 rings (SSSR count). The Labute approximate surface area is 398 Å². The van der Waals surface area contributed by atoms with E-state index in [9.17, 15) is 0 Å². The summed E-state index contributed by atoms with van der Waals surface area (Å²) in [5.74, 6) is 0. The van der Waals surface area contributed by atoms with Crippen LogP contribution < -0.4 is 4.90 Å². The van der Waals surface area contributed by atoms with E-state index in [0.717, 1.165) is 105 Å². The number of anilines is 3.